The number of piperazine rings is 1. The Morgan fingerprint density at radius 2 is 1.84 bits per heavy atom. The molecule has 2 aliphatic heterocycles. The molecule has 1 saturated heterocycles. The molecule has 1 aromatic heterocycles. The van der Waals surface area contributed by atoms with Gasteiger partial charge in [0.1, 0.15) is 5.82 Å². The number of nitrogens with two attached hydrogens (primary N) is 1. The Kier molecular flexibility index (Phi) is 5.70. The number of rotatable bonds is 2. The maximum absolute atomic E-state index is 5.99. The van der Waals surface area contributed by atoms with E-state index in [0.29, 0.717) is 5.95 Å². The van der Waals surface area contributed by atoms with Crippen molar-refractivity contribution >= 4 is 11.8 Å². The van der Waals surface area contributed by atoms with E-state index in [9.17, 15) is 0 Å². The number of nitrogen functional groups attached to an aromatic ring is 1. The molecule has 2 aromatic rings. The maximum atomic E-state index is 5.99. The number of likely N-dealkylation sites (N-methyl/N-ethyl adjacent to an activating group) is 1. The van der Waals surface area contributed by atoms with Crippen LogP contribution in [-0.4, -0.2) is 54.6 Å². The molecule has 133 valence electrons. The van der Waals surface area contributed by atoms with Crippen LogP contribution in [0.5, 0.6) is 0 Å². The molecule has 0 amide bonds. The Labute approximate surface area is 162 Å². The second-order valence-corrected chi connectivity index (χ2v) is 6.60. The summed E-state index contributed by atoms with van der Waals surface area (Å²) in [4.78, 5) is 13.5. The first kappa shape index (κ1) is 18.3. The van der Waals surface area contributed by atoms with Crippen molar-refractivity contribution in [3.05, 3.63) is 40.7 Å². The topological polar surface area (TPSA) is 72.4 Å². The fourth-order valence-corrected chi connectivity index (χ4v) is 3.37. The van der Waals surface area contributed by atoms with E-state index in [0.717, 1.165) is 62.8 Å². The summed E-state index contributed by atoms with van der Waals surface area (Å²) in [5.41, 5.74) is 10.7. The van der Waals surface area contributed by atoms with Crippen LogP contribution in [0.1, 0.15) is 11.1 Å². The van der Waals surface area contributed by atoms with E-state index in [1.807, 2.05) is 0 Å². The van der Waals surface area contributed by atoms with Crippen molar-refractivity contribution in [3.63, 3.8) is 0 Å². The molecule has 0 bridgehead atoms. The van der Waals surface area contributed by atoms with Gasteiger partial charge in [-0.05, 0) is 19.0 Å². The molecule has 6 nitrogen and oxygen atoms in total. The molecule has 25 heavy (non-hydrogen) atoms. The molecule has 7 heteroatoms. The van der Waals surface area contributed by atoms with Gasteiger partial charge in [-0.2, -0.15) is 4.98 Å². The zero-order valence-electron chi connectivity index (χ0n) is 14.5. The molecule has 3 heterocycles. The zero-order chi connectivity index (χ0) is 16.5. The van der Waals surface area contributed by atoms with Crippen LogP contribution < -0.4 is 10.6 Å². The SMILES string of the molecule is CN1CCN(c2cc(-c3ccc4c(c3)C[N-]CC4)nc(N)n2)CC1.[Re]. The van der Waals surface area contributed by atoms with Crippen LogP contribution in [0.25, 0.3) is 16.6 Å². The smallest absolute Gasteiger partial charge is 0.222 e. The zero-order valence-corrected chi connectivity index (χ0v) is 17.2. The Bertz CT molecular complexity index is 742. The predicted molar refractivity (Wildman–Crippen MR) is 97.2 cm³/mol. The molecule has 2 N–H and O–H groups in total. The van der Waals surface area contributed by atoms with Gasteiger partial charge in [-0.25, -0.2) is 4.98 Å². The van der Waals surface area contributed by atoms with Crippen LogP contribution in [0.15, 0.2) is 24.3 Å². The number of fused-ring (bicyclic) bond motifs is 1. The first-order valence-corrected chi connectivity index (χ1v) is 8.52. The van der Waals surface area contributed by atoms with Crippen molar-refractivity contribution in [1.82, 2.24) is 14.9 Å². The number of benzene rings is 1. The van der Waals surface area contributed by atoms with Crippen molar-refractivity contribution in [2.45, 2.75) is 13.0 Å². The number of hydrogen-bond donors (Lipinski definition) is 1. The van der Waals surface area contributed by atoms with E-state index in [-0.39, 0.29) is 20.4 Å². The standard InChI is InChI=1S/C18H23N6.Re/c1-23-6-8-24(9-7-23)17-11-16(21-18(19)22-17)14-3-2-13-4-5-20-12-15(13)10-14;/h2-3,10-11H,4-9,12H2,1H3,(H2,19,21,22);/q-1;. The summed E-state index contributed by atoms with van der Waals surface area (Å²) in [6.45, 7) is 5.75. The summed E-state index contributed by atoms with van der Waals surface area (Å²) < 4.78 is 0. The second-order valence-electron chi connectivity index (χ2n) is 6.60. The molecule has 4 rings (SSSR count). The van der Waals surface area contributed by atoms with Crippen LogP contribution in [-0.2, 0) is 33.4 Å². The van der Waals surface area contributed by atoms with Gasteiger partial charge in [0, 0.05) is 58.2 Å². The van der Waals surface area contributed by atoms with Gasteiger partial charge in [0.15, 0.2) is 0 Å². The molecular formula is C18H23N6Re-. The molecule has 2 aliphatic rings. The quantitative estimate of drug-likeness (QED) is 0.670. The third-order valence-electron chi connectivity index (χ3n) is 4.88. The van der Waals surface area contributed by atoms with Gasteiger partial charge in [0.05, 0.1) is 5.69 Å². The third-order valence-corrected chi connectivity index (χ3v) is 4.88. The summed E-state index contributed by atoms with van der Waals surface area (Å²) in [6, 6.07) is 8.60. The minimum absolute atomic E-state index is 0. The van der Waals surface area contributed by atoms with Crippen molar-refractivity contribution in [3.8, 4) is 11.3 Å². The molecule has 0 aliphatic carbocycles. The number of nitrogens with zero attached hydrogens (tertiary/aromatic N) is 5. The predicted octanol–water partition coefficient (Wildman–Crippen LogP) is 1.90. The van der Waals surface area contributed by atoms with E-state index < -0.39 is 0 Å². The minimum Gasteiger partial charge on any atom is -0.658 e. The Morgan fingerprint density at radius 3 is 2.64 bits per heavy atom. The number of hydrogen-bond acceptors (Lipinski definition) is 5. The normalized spacial score (nSPS) is 17.7. The largest absolute Gasteiger partial charge is 0.658 e. The first-order valence-electron chi connectivity index (χ1n) is 8.52. The summed E-state index contributed by atoms with van der Waals surface area (Å²) in [5, 5.41) is 4.50. The van der Waals surface area contributed by atoms with E-state index >= 15 is 0 Å². The Hall–Kier alpha value is -1.52. The molecule has 0 spiro atoms. The molecule has 1 fully saturated rings. The van der Waals surface area contributed by atoms with Crippen LogP contribution in [0.3, 0.4) is 0 Å². The number of aromatic nitrogens is 2. The summed E-state index contributed by atoms with van der Waals surface area (Å²) in [6.07, 6.45) is 1.04. The van der Waals surface area contributed by atoms with Gasteiger partial charge in [-0.3, -0.25) is 0 Å². The Morgan fingerprint density at radius 1 is 1.04 bits per heavy atom. The van der Waals surface area contributed by atoms with E-state index in [1.54, 1.807) is 0 Å². The van der Waals surface area contributed by atoms with Crippen LogP contribution in [0, 0.1) is 0 Å². The van der Waals surface area contributed by atoms with Gasteiger partial charge >= 0.3 is 0 Å². The van der Waals surface area contributed by atoms with E-state index in [4.69, 9.17) is 5.73 Å². The van der Waals surface area contributed by atoms with Gasteiger partial charge in [0.2, 0.25) is 5.95 Å². The molecule has 1 aromatic carbocycles. The molecule has 1 radical (unpaired) electrons. The average Bonchev–Trinajstić information content (AvgIpc) is 2.61. The fraction of sp³-hybridized carbons (Fsp3) is 0.444. The average molecular weight is 510 g/mol. The van der Waals surface area contributed by atoms with Crippen LogP contribution in [0.2, 0.25) is 0 Å². The molecule has 0 saturated carbocycles. The monoisotopic (exact) mass is 510 g/mol. The molecule has 0 unspecified atom stereocenters. The van der Waals surface area contributed by atoms with E-state index in [1.165, 1.54) is 11.1 Å². The summed E-state index contributed by atoms with van der Waals surface area (Å²) >= 11 is 0. The fourth-order valence-electron chi connectivity index (χ4n) is 3.37. The van der Waals surface area contributed by atoms with Crippen molar-refractivity contribution in [2.75, 3.05) is 50.4 Å². The third kappa shape index (κ3) is 4.01. The van der Waals surface area contributed by atoms with Gasteiger partial charge in [0.25, 0.3) is 0 Å². The molecule has 0 atom stereocenters. The van der Waals surface area contributed by atoms with Crippen molar-refractivity contribution in [2.24, 2.45) is 0 Å². The van der Waals surface area contributed by atoms with Crippen molar-refractivity contribution in [1.29, 1.82) is 0 Å². The summed E-state index contributed by atoms with van der Waals surface area (Å²) in [5.74, 6) is 1.26. The molecular weight excluding hydrogens is 486 g/mol. The summed E-state index contributed by atoms with van der Waals surface area (Å²) in [7, 11) is 2.15. The minimum atomic E-state index is 0. The van der Waals surface area contributed by atoms with Gasteiger partial charge in [-0.1, -0.05) is 23.8 Å². The Balaban J connectivity index is 0.00000182. The van der Waals surface area contributed by atoms with E-state index in [2.05, 4.69) is 56.4 Å². The van der Waals surface area contributed by atoms with Crippen LogP contribution in [0.4, 0.5) is 11.8 Å². The first-order chi connectivity index (χ1) is 11.7. The second kappa shape index (κ2) is 7.80. The van der Waals surface area contributed by atoms with Gasteiger partial charge in [-0.15, -0.1) is 13.1 Å². The van der Waals surface area contributed by atoms with Crippen molar-refractivity contribution < 1.29 is 20.4 Å². The number of anilines is 2. The van der Waals surface area contributed by atoms with Crippen LogP contribution >= 0.6 is 0 Å². The van der Waals surface area contributed by atoms with Gasteiger partial charge < -0.3 is 20.9 Å². The maximum Gasteiger partial charge on any atom is 0.222 e.